The Balaban J connectivity index is 1.81. The van der Waals surface area contributed by atoms with Crippen LogP contribution >= 0.6 is 0 Å². The molecule has 1 atom stereocenters. The van der Waals surface area contributed by atoms with Crippen LogP contribution in [0.2, 0.25) is 0 Å². The Morgan fingerprint density at radius 3 is 2.66 bits per heavy atom. The molecule has 29 heavy (non-hydrogen) atoms. The van der Waals surface area contributed by atoms with Crippen LogP contribution in [-0.2, 0) is 6.54 Å². The zero-order valence-electron chi connectivity index (χ0n) is 17.2. The predicted molar refractivity (Wildman–Crippen MR) is 115 cm³/mol. The fourth-order valence-electron chi connectivity index (χ4n) is 4.31. The maximum Gasteiger partial charge on any atom is 0.200 e. The maximum absolute atomic E-state index is 13.3. The average molecular weight is 393 g/mol. The van der Waals surface area contributed by atoms with Crippen molar-refractivity contribution in [3.63, 3.8) is 0 Å². The van der Waals surface area contributed by atoms with Crippen molar-refractivity contribution in [3.8, 4) is 22.6 Å². The molecule has 4 rings (SSSR count). The van der Waals surface area contributed by atoms with Crippen LogP contribution in [0.3, 0.4) is 0 Å². The van der Waals surface area contributed by atoms with Crippen molar-refractivity contribution < 1.29 is 14.3 Å². The number of likely N-dealkylation sites (tertiary alicyclic amines) is 1. The Morgan fingerprint density at radius 1 is 1.21 bits per heavy atom. The topological polar surface area (TPSA) is 62.9 Å². The number of rotatable bonds is 4. The number of aromatic hydroxyl groups is 1. The minimum Gasteiger partial charge on any atom is -0.507 e. The van der Waals surface area contributed by atoms with E-state index in [1.165, 1.54) is 6.42 Å². The first-order valence-electron chi connectivity index (χ1n) is 10.1. The number of benzene rings is 2. The van der Waals surface area contributed by atoms with E-state index in [1.54, 1.807) is 26.2 Å². The SMILES string of the molecule is COc1ccc(-c2c(C)oc3c(CN4CCC[C@H](C)C4)c(O)ccc3c2=O)cc1. The van der Waals surface area contributed by atoms with Crippen molar-refractivity contribution in [2.75, 3.05) is 20.2 Å². The van der Waals surface area contributed by atoms with Crippen LogP contribution in [0.1, 0.15) is 31.1 Å². The molecule has 2 heterocycles. The van der Waals surface area contributed by atoms with Gasteiger partial charge in [0, 0.05) is 13.1 Å². The lowest BCUT2D eigenvalue weighted by Crippen LogP contribution is -2.33. The zero-order chi connectivity index (χ0) is 20.5. The summed E-state index contributed by atoms with van der Waals surface area (Å²) in [4.78, 5) is 15.7. The van der Waals surface area contributed by atoms with Gasteiger partial charge in [-0.3, -0.25) is 9.69 Å². The summed E-state index contributed by atoms with van der Waals surface area (Å²) in [7, 11) is 1.61. The maximum atomic E-state index is 13.3. The van der Waals surface area contributed by atoms with E-state index in [2.05, 4.69) is 11.8 Å². The molecule has 0 unspecified atom stereocenters. The van der Waals surface area contributed by atoms with Gasteiger partial charge in [-0.05, 0) is 62.1 Å². The second-order valence-electron chi connectivity index (χ2n) is 8.01. The van der Waals surface area contributed by atoms with Gasteiger partial charge in [-0.25, -0.2) is 0 Å². The highest BCUT2D eigenvalue weighted by atomic mass is 16.5. The van der Waals surface area contributed by atoms with Crippen LogP contribution in [0.4, 0.5) is 0 Å². The third kappa shape index (κ3) is 3.75. The molecule has 2 aromatic carbocycles. The van der Waals surface area contributed by atoms with Gasteiger partial charge in [-0.1, -0.05) is 19.1 Å². The quantitative estimate of drug-likeness (QED) is 0.695. The third-order valence-corrected chi connectivity index (χ3v) is 5.82. The normalized spacial score (nSPS) is 17.6. The van der Waals surface area contributed by atoms with Crippen molar-refractivity contribution >= 4 is 11.0 Å². The number of ether oxygens (including phenoxy) is 1. The van der Waals surface area contributed by atoms with Crippen LogP contribution in [0.15, 0.2) is 45.6 Å². The summed E-state index contributed by atoms with van der Waals surface area (Å²) in [5, 5.41) is 11.0. The molecule has 1 fully saturated rings. The lowest BCUT2D eigenvalue weighted by Gasteiger charge is -2.31. The molecule has 3 aromatic rings. The fourth-order valence-corrected chi connectivity index (χ4v) is 4.31. The average Bonchev–Trinajstić information content (AvgIpc) is 2.71. The molecule has 1 aliphatic rings. The lowest BCUT2D eigenvalue weighted by molar-refractivity contribution is 0.175. The van der Waals surface area contributed by atoms with Gasteiger partial charge in [-0.15, -0.1) is 0 Å². The molecule has 1 N–H and O–H groups in total. The van der Waals surface area contributed by atoms with E-state index >= 15 is 0 Å². The van der Waals surface area contributed by atoms with Gasteiger partial charge in [-0.2, -0.15) is 0 Å². The number of phenols is 1. The molecule has 5 nitrogen and oxygen atoms in total. The van der Waals surface area contributed by atoms with Gasteiger partial charge in [0.25, 0.3) is 0 Å². The lowest BCUT2D eigenvalue weighted by atomic mass is 9.98. The van der Waals surface area contributed by atoms with E-state index < -0.39 is 0 Å². The summed E-state index contributed by atoms with van der Waals surface area (Å²) in [6, 6.07) is 10.7. The molecule has 0 bridgehead atoms. The Bertz CT molecular complexity index is 1080. The van der Waals surface area contributed by atoms with Crippen LogP contribution in [0.5, 0.6) is 11.5 Å². The molecule has 1 saturated heterocycles. The Hall–Kier alpha value is -2.79. The Kier molecular flexibility index (Phi) is 5.33. The van der Waals surface area contributed by atoms with Gasteiger partial charge in [0.05, 0.1) is 23.6 Å². The molecule has 5 heteroatoms. The number of piperidine rings is 1. The smallest absolute Gasteiger partial charge is 0.200 e. The minimum atomic E-state index is -0.0813. The Morgan fingerprint density at radius 2 is 1.97 bits per heavy atom. The molecular formula is C24H27NO4. The van der Waals surface area contributed by atoms with Crippen LogP contribution in [0, 0.1) is 12.8 Å². The summed E-state index contributed by atoms with van der Waals surface area (Å²) in [6.45, 7) is 6.62. The van der Waals surface area contributed by atoms with E-state index in [4.69, 9.17) is 9.15 Å². The second kappa shape index (κ2) is 7.91. The Labute approximate surface area is 170 Å². The molecule has 0 radical (unpaired) electrons. The number of aryl methyl sites for hydroxylation is 1. The summed E-state index contributed by atoms with van der Waals surface area (Å²) >= 11 is 0. The first-order valence-corrected chi connectivity index (χ1v) is 10.1. The number of methoxy groups -OCH3 is 1. The van der Waals surface area contributed by atoms with Crippen molar-refractivity contribution in [2.24, 2.45) is 5.92 Å². The number of nitrogens with zero attached hydrogens (tertiary/aromatic N) is 1. The minimum absolute atomic E-state index is 0.0813. The van der Waals surface area contributed by atoms with Crippen LogP contribution in [0.25, 0.3) is 22.1 Å². The van der Waals surface area contributed by atoms with Crippen molar-refractivity contribution in [1.82, 2.24) is 4.90 Å². The fraction of sp³-hybridized carbons (Fsp3) is 0.375. The highest BCUT2D eigenvalue weighted by Gasteiger charge is 2.22. The van der Waals surface area contributed by atoms with Gasteiger partial charge in [0.1, 0.15) is 22.8 Å². The third-order valence-electron chi connectivity index (χ3n) is 5.82. The van der Waals surface area contributed by atoms with E-state index in [0.717, 1.165) is 30.8 Å². The molecule has 0 spiro atoms. The van der Waals surface area contributed by atoms with Gasteiger partial charge < -0.3 is 14.3 Å². The summed E-state index contributed by atoms with van der Waals surface area (Å²) in [5.41, 5.74) is 2.44. The number of fused-ring (bicyclic) bond motifs is 1. The standard InChI is InChI=1S/C24H27NO4/c1-15-5-4-12-25(13-15)14-20-21(26)11-10-19-23(27)22(16(2)29-24(19)20)17-6-8-18(28-3)9-7-17/h6-11,15,26H,4-5,12-14H2,1-3H3/t15-/m0/s1. The first kappa shape index (κ1) is 19.5. The first-order chi connectivity index (χ1) is 14.0. The van der Waals surface area contributed by atoms with E-state index in [1.807, 2.05) is 24.3 Å². The van der Waals surface area contributed by atoms with Gasteiger partial charge in [0.15, 0.2) is 0 Å². The molecule has 152 valence electrons. The van der Waals surface area contributed by atoms with Crippen molar-refractivity contribution in [2.45, 2.75) is 33.2 Å². The monoisotopic (exact) mass is 393 g/mol. The number of phenolic OH excluding ortho intramolecular Hbond substituents is 1. The zero-order valence-corrected chi connectivity index (χ0v) is 17.2. The van der Waals surface area contributed by atoms with Crippen LogP contribution in [-0.4, -0.2) is 30.2 Å². The van der Waals surface area contributed by atoms with E-state index in [-0.39, 0.29) is 11.2 Å². The van der Waals surface area contributed by atoms with Gasteiger partial charge in [0.2, 0.25) is 5.43 Å². The van der Waals surface area contributed by atoms with Crippen molar-refractivity contribution in [3.05, 3.63) is 57.9 Å². The molecule has 1 aliphatic heterocycles. The largest absolute Gasteiger partial charge is 0.507 e. The van der Waals surface area contributed by atoms with E-state index in [9.17, 15) is 9.90 Å². The molecule has 1 aromatic heterocycles. The molecular weight excluding hydrogens is 366 g/mol. The summed E-state index contributed by atoms with van der Waals surface area (Å²) in [6.07, 6.45) is 2.38. The molecule has 0 aliphatic carbocycles. The van der Waals surface area contributed by atoms with Gasteiger partial charge >= 0.3 is 0 Å². The molecule has 0 amide bonds. The van der Waals surface area contributed by atoms with Crippen molar-refractivity contribution in [1.29, 1.82) is 0 Å². The highest BCUT2D eigenvalue weighted by molar-refractivity contribution is 5.86. The number of hydrogen-bond donors (Lipinski definition) is 1. The summed E-state index contributed by atoms with van der Waals surface area (Å²) < 4.78 is 11.4. The summed E-state index contributed by atoms with van der Waals surface area (Å²) in [5.74, 6) is 2.10. The highest BCUT2D eigenvalue weighted by Crippen LogP contribution is 2.32. The second-order valence-corrected chi connectivity index (χ2v) is 8.01. The van der Waals surface area contributed by atoms with Crippen LogP contribution < -0.4 is 10.2 Å². The van der Waals surface area contributed by atoms with E-state index in [0.29, 0.717) is 40.3 Å². The number of hydrogen-bond acceptors (Lipinski definition) is 5. The predicted octanol–water partition coefficient (Wildman–Crippen LogP) is 4.71. The molecule has 0 saturated carbocycles.